The Morgan fingerprint density at radius 2 is 2.24 bits per heavy atom. The van der Waals surface area contributed by atoms with Gasteiger partial charge in [0.05, 0.1) is 0 Å². The third kappa shape index (κ3) is 2.66. The van der Waals surface area contributed by atoms with Crippen molar-refractivity contribution >= 4 is 11.7 Å². The molecule has 0 bridgehead atoms. The van der Waals surface area contributed by atoms with Crippen LogP contribution in [0.3, 0.4) is 0 Å². The molecule has 17 heavy (non-hydrogen) atoms. The fraction of sp³-hybridized carbons (Fsp3) is 0.273. The molecular weight excluding hydrogens is 218 g/mol. The highest BCUT2D eigenvalue weighted by molar-refractivity contribution is 5.91. The molecular formula is C11H13N5O. The van der Waals surface area contributed by atoms with Gasteiger partial charge in [0.15, 0.2) is 5.82 Å². The minimum atomic E-state index is -0.0851. The first kappa shape index (κ1) is 11.3. The fourth-order valence-electron chi connectivity index (χ4n) is 1.22. The van der Waals surface area contributed by atoms with E-state index in [1.165, 1.54) is 6.33 Å². The number of rotatable bonds is 3. The topological polar surface area (TPSA) is 72.7 Å². The van der Waals surface area contributed by atoms with E-state index in [2.05, 4.69) is 20.4 Å². The maximum Gasteiger partial charge on any atom is 0.228 e. The number of carbonyl (C=O) groups excluding carboxylic acids is 1. The van der Waals surface area contributed by atoms with Crippen LogP contribution in [0.5, 0.6) is 0 Å². The molecule has 2 heterocycles. The molecule has 1 amide bonds. The van der Waals surface area contributed by atoms with Gasteiger partial charge >= 0.3 is 0 Å². The molecule has 0 radical (unpaired) electrons. The monoisotopic (exact) mass is 231 g/mol. The van der Waals surface area contributed by atoms with Crippen LogP contribution in [-0.2, 0) is 4.79 Å². The zero-order valence-electron chi connectivity index (χ0n) is 9.66. The van der Waals surface area contributed by atoms with Gasteiger partial charge in [-0.05, 0) is 6.07 Å². The van der Waals surface area contributed by atoms with Crippen molar-refractivity contribution in [2.75, 3.05) is 5.32 Å². The van der Waals surface area contributed by atoms with E-state index in [9.17, 15) is 4.79 Å². The van der Waals surface area contributed by atoms with Crippen LogP contribution < -0.4 is 5.32 Å². The minimum absolute atomic E-state index is 0.0740. The van der Waals surface area contributed by atoms with Gasteiger partial charge in [-0.15, -0.1) is 0 Å². The van der Waals surface area contributed by atoms with E-state index < -0.39 is 0 Å². The van der Waals surface area contributed by atoms with Crippen LogP contribution in [0.2, 0.25) is 0 Å². The van der Waals surface area contributed by atoms with Crippen molar-refractivity contribution < 1.29 is 4.79 Å². The summed E-state index contributed by atoms with van der Waals surface area (Å²) in [5.41, 5.74) is 0. The Hall–Kier alpha value is -2.24. The first-order valence-corrected chi connectivity index (χ1v) is 5.30. The van der Waals surface area contributed by atoms with Gasteiger partial charge in [0, 0.05) is 24.4 Å². The molecule has 0 unspecified atom stereocenters. The van der Waals surface area contributed by atoms with E-state index in [0.29, 0.717) is 11.6 Å². The standard InChI is InChI=1S/C11H13N5O/c1-8(2)11(17)15-9-6-10(13-7-12-9)16-5-3-4-14-16/h3-8H,1-2H3,(H,12,13,15,17). The van der Waals surface area contributed by atoms with Gasteiger partial charge in [-0.3, -0.25) is 4.79 Å². The summed E-state index contributed by atoms with van der Waals surface area (Å²) in [6.45, 7) is 3.65. The molecule has 2 aromatic heterocycles. The average molecular weight is 231 g/mol. The lowest BCUT2D eigenvalue weighted by Gasteiger charge is -2.07. The van der Waals surface area contributed by atoms with Crippen molar-refractivity contribution in [1.82, 2.24) is 19.7 Å². The number of amides is 1. The predicted octanol–water partition coefficient (Wildman–Crippen LogP) is 1.26. The van der Waals surface area contributed by atoms with Gasteiger partial charge in [-0.1, -0.05) is 13.8 Å². The Balaban J connectivity index is 2.20. The second kappa shape index (κ2) is 4.73. The van der Waals surface area contributed by atoms with Crippen LogP contribution in [0.4, 0.5) is 5.82 Å². The Morgan fingerprint density at radius 3 is 2.88 bits per heavy atom. The van der Waals surface area contributed by atoms with Crippen LogP contribution in [-0.4, -0.2) is 25.7 Å². The summed E-state index contributed by atoms with van der Waals surface area (Å²) in [4.78, 5) is 19.6. The summed E-state index contributed by atoms with van der Waals surface area (Å²) in [5.74, 6) is 0.932. The SMILES string of the molecule is CC(C)C(=O)Nc1cc(-n2cccn2)ncn1. The third-order valence-electron chi connectivity index (χ3n) is 2.17. The van der Waals surface area contributed by atoms with E-state index in [-0.39, 0.29) is 11.8 Å². The molecule has 2 aromatic rings. The lowest BCUT2D eigenvalue weighted by Crippen LogP contribution is -2.18. The van der Waals surface area contributed by atoms with E-state index in [4.69, 9.17) is 0 Å². The Morgan fingerprint density at radius 1 is 1.41 bits per heavy atom. The summed E-state index contributed by atoms with van der Waals surface area (Å²) >= 11 is 0. The normalized spacial score (nSPS) is 10.5. The maximum absolute atomic E-state index is 11.5. The van der Waals surface area contributed by atoms with Crippen molar-refractivity contribution in [3.8, 4) is 5.82 Å². The molecule has 0 aromatic carbocycles. The molecule has 0 fully saturated rings. The average Bonchev–Trinajstić information content (AvgIpc) is 2.82. The zero-order valence-corrected chi connectivity index (χ0v) is 9.66. The van der Waals surface area contributed by atoms with Gasteiger partial charge in [0.2, 0.25) is 5.91 Å². The number of nitrogens with one attached hydrogen (secondary N) is 1. The number of aromatic nitrogens is 4. The Kier molecular flexibility index (Phi) is 3.13. The van der Waals surface area contributed by atoms with Gasteiger partial charge < -0.3 is 5.32 Å². The second-order valence-electron chi connectivity index (χ2n) is 3.86. The summed E-state index contributed by atoms with van der Waals surface area (Å²) in [7, 11) is 0. The van der Waals surface area contributed by atoms with Gasteiger partial charge in [-0.2, -0.15) is 5.10 Å². The molecule has 88 valence electrons. The van der Waals surface area contributed by atoms with Crippen LogP contribution in [0.25, 0.3) is 5.82 Å². The predicted molar refractivity (Wildman–Crippen MR) is 62.6 cm³/mol. The second-order valence-corrected chi connectivity index (χ2v) is 3.86. The van der Waals surface area contributed by atoms with Crippen molar-refractivity contribution in [2.45, 2.75) is 13.8 Å². The van der Waals surface area contributed by atoms with E-state index in [0.717, 1.165) is 0 Å². The lowest BCUT2D eigenvalue weighted by atomic mass is 10.2. The number of anilines is 1. The Labute approximate surface area is 98.7 Å². The number of carbonyl (C=O) groups is 1. The maximum atomic E-state index is 11.5. The van der Waals surface area contributed by atoms with Gasteiger partial charge in [0.25, 0.3) is 0 Å². The number of nitrogens with zero attached hydrogens (tertiary/aromatic N) is 4. The highest BCUT2D eigenvalue weighted by Gasteiger charge is 2.08. The fourth-order valence-corrected chi connectivity index (χ4v) is 1.22. The molecule has 0 saturated heterocycles. The van der Waals surface area contributed by atoms with Crippen molar-refractivity contribution in [1.29, 1.82) is 0 Å². The smallest absolute Gasteiger partial charge is 0.228 e. The summed E-state index contributed by atoms with van der Waals surface area (Å²) < 4.78 is 1.60. The van der Waals surface area contributed by atoms with Crippen LogP contribution in [0.15, 0.2) is 30.9 Å². The van der Waals surface area contributed by atoms with Crippen LogP contribution >= 0.6 is 0 Å². The summed E-state index contributed by atoms with van der Waals surface area (Å²) in [6, 6.07) is 3.47. The van der Waals surface area contributed by atoms with Crippen molar-refractivity contribution in [2.24, 2.45) is 5.92 Å². The minimum Gasteiger partial charge on any atom is -0.310 e. The quantitative estimate of drug-likeness (QED) is 0.863. The molecule has 0 aliphatic rings. The molecule has 0 atom stereocenters. The van der Waals surface area contributed by atoms with Crippen LogP contribution in [0.1, 0.15) is 13.8 Å². The first-order valence-electron chi connectivity index (χ1n) is 5.30. The van der Waals surface area contributed by atoms with E-state index >= 15 is 0 Å². The molecule has 6 heteroatoms. The lowest BCUT2D eigenvalue weighted by molar-refractivity contribution is -0.118. The van der Waals surface area contributed by atoms with Crippen molar-refractivity contribution in [3.63, 3.8) is 0 Å². The number of hydrogen-bond donors (Lipinski definition) is 1. The van der Waals surface area contributed by atoms with Gasteiger partial charge in [0.1, 0.15) is 12.1 Å². The van der Waals surface area contributed by atoms with Crippen LogP contribution in [0, 0.1) is 5.92 Å². The molecule has 1 N–H and O–H groups in total. The largest absolute Gasteiger partial charge is 0.310 e. The number of hydrogen-bond acceptors (Lipinski definition) is 4. The van der Waals surface area contributed by atoms with E-state index in [1.807, 2.05) is 13.8 Å². The molecule has 0 saturated carbocycles. The molecule has 2 rings (SSSR count). The zero-order chi connectivity index (χ0) is 12.3. The molecule has 0 aliphatic carbocycles. The Bertz CT molecular complexity index is 506. The van der Waals surface area contributed by atoms with Crippen molar-refractivity contribution in [3.05, 3.63) is 30.9 Å². The summed E-state index contributed by atoms with van der Waals surface area (Å²) in [5, 5.41) is 6.77. The highest BCUT2D eigenvalue weighted by Crippen LogP contribution is 2.08. The molecule has 6 nitrogen and oxygen atoms in total. The third-order valence-corrected chi connectivity index (χ3v) is 2.17. The van der Waals surface area contributed by atoms with Gasteiger partial charge in [-0.25, -0.2) is 14.6 Å². The molecule has 0 aliphatic heterocycles. The molecule has 0 spiro atoms. The summed E-state index contributed by atoms with van der Waals surface area (Å²) in [6.07, 6.45) is 4.83. The first-order chi connectivity index (χ1) is 8.16. The van der Waals surface area contributed by atoms with E-state index in [1.54, 1.807) is 29.2 Å². The highest BCUT2D eigenvalue weighted by atomic mass is 16.1.